The van der Waals surface area contributed by atoms with Gasteiger partial charge in [0.1, 0.15) is 19.3 Å². The van der Waals surface area contributed by atoms with Crippen LogP contribution in [0.5, 0.6) is 0 Å². The van der Waals surface area contributed by atoms with Gasteiger partial charge in [-0.3, -0.25) is 37.3 Å². The van der Waals surface area contributed by atoms with E-state index < -0.39 is 97.5 Å². The lowest BCUT2D eigenvalue weighted by Crippen LogP contribution is -2.30. The monoisotopic (exact) mass is 1300 g/mol. The van der Waals surface area contributed by atoms with Gasteiger partial charge in [0.25, 0.3) is 0 Å². The molecule has 17 nitrogen and oxygen atoms in total. The number of carbonyl (C=O) groups is 4. The standard InChI is InChI=1S/C69H134O17P2/c1-8-11-12-33-43-50-66(71)79-56-64(86-69(74)53-46-39-32-31-36-42-49-62(7)10-3)58-83-87(75,76)81-54-63(70)55-82-88(77,78)84-59-65(57-80-67(72)51-44-37-29-25-21-18-17-19-23-27-34-40-47-60(4)5)85-68(73)52-45-38-30-26-22-16-14-13-15-20-24-28-35-41-48-61(6)9-2/h60-65,70H,8-59H2,1-7H3,(H,75,76)(H,77,78)/t61?,62?,63-,64+,65+/m0/s1. The highest BCUT2D eigenvalue weighted by Crippen LogP contribution is 2.45. The Morgan fingerprint density at radius 3 is 0.864 bits per heavy atom. The summed E-state index contributed by atoms with van der Waals surface area (Å²) in [6, 6.07) is 0. The van der Waals surface area contributed by atoms with E-state index in [1.165, 1.54) is 148 Å². The first-order chi connectivity index (χ1) is 42.3. The van der Waals surface area contributed by atoms with Crippen molar-refractivity contribution < 1.29 is 80.2 Å². The topological polar surface area (TPSA) is 237 Å². The molecule has 88 heavy (non-hydrogen) atoms. The summed E-state index contributed by atoms with van der Waals surface area (Å²) in [6.07, 6.45) is 43.4. The Kier molecular flexibility index (Phi) is 58.7. The van der Waals surface area contributed by atoms with E-state index in [0.29, 0.717) is 25.7 Å². The highest BCUT2D eigenvalue weighted by Gasteiger charge is 2.30. The van der Waals surface area contributed by atoms with Crippen molar-refractivity contribution in [1.82, 2.24) is 0 Å². The first kappa shape index (κ1) is 86.1. The average Bonchev–Trinajstić information content (AvgIpc) is 3.51. The largest absolute Gasteiger partial charge is 0.472 e. The minimum Gasteiger partial charge on any atom is -0.462 e. The van der Waals surface area contributed by atoms with Crippen LogP contribution < -0.4 is 0 Å². The van der Waals surface area contributed by atoms with E-state index in [-0.39, 0.29) is 25.7 Å². The molecule has 522 valence electrons. The minimum atomic E-state index is -4.95. The maximum atomic E-state index is 13.0. The quantitative estimate of drug-likeness (QED) is 0.0222. The molecule has 0 aromatic heterocycles. The molecule has 0 radical (unpaired) electrons. The number of hydrogen-bond donors (Lipinski definition) is 3. The lowest BCUT2D eigenvalue weighted by Gasteiger charge is -2.21. The van der Waals surface area contributed by atoms with Gasteiger partial charge >= 0.3 is 39.5 Å². The molecule has 0 aliphatic heterocycles. The van der Waals surface area contributed by atoms with Gasteiger partial charge in [-0.25, -0.2) is 9.13 Å². The molecule has 0 aliphatic carbocycles. The Morgan fingerprint density at radius 1 is 0.330 bits per heavy atom. The molecule has 3 N–H and O–H groups in total. The van der Waals surface area contributed by atoms with E-state index in [0.717, 1.165) is 114 Å². The maximum Gasteiger partial charge on any atom is 0.472 e. The number of esters is 4. The fourth-order valence-corrected chi connectivity index (χ4v) is 11.9. The molecule has 0 spiro atoms. The number of hydrogen-bond acceptors (Lipinski definition) is 15. The van der Waals surface area contributed by atoms with Crippen LogP contribution in [0.25, 0.3) is 0 Å². The third-order valence-electron chi connectivity index (χ3n) is 16.6. The van der Waals surface area contributed by atoms with Crippen molar-refractivity contribution in [3.05, 3.63) is 0 Å². The van der Waals surface area contributed by atoms with Gasteiger partial charge in [0.05, 0.1) is 26.4 Å². The molecule has 0 saturated carbocycles. The zero-order valence-corrected chi connectivity index (χ0v) is 59.0. The molecular formula is C69H134O17P2. The Bertz CT molecular complexity index is 1740. The Morgan fingerprint density at radius 2 is 0.580 bits per heavy atom. The van der Waals surface area contributed by atoms with Crippen molar-refractivity contribution in [2.24, 2.45) is 17.8 Å². The molecule has 7 atom stereocenters. The highest BCUT2D eigenvalue weighted by atomic mass is 31.2. The smallest absolute Gasteiger partial charge is 0.462 e. The molecule has 0 aromatic rings. The van der Waals surface area contributed by atoms with Gasteiger partial charge in [-0.2, -0.15) is 0 Å². The summed E-state index contributed by atoms with van der Waals surface area (Å²) in [6.45, 7) is 11.8. The fraction of sp³-hybridized carbons (Fsp3) is 0.942. The molecule has 0 fully saturated rings. The van der Waals surface area contributed by atoms with Crippen molar-refractivity contribution in [1.29, 1.82) is 0 Å². The molecule has 0 saturated heterocycles. The van der Waals surface area contributed by atoms with Gasteiger partial charge in [-0.1, -0.05) is 292 Å². The van der Waals surface area contributed by atoms with Crippen molar-refractivity contribution in [2.75, 3.05) is 39.6 Å². The highest BCUT2D eigenvalue weighted by molar-refractivity contribution is 7.47. The van der Waals surface area contributed by atoms with Crippen LogP contribution >= 0.6 is 15.6 Å². The van der Waals surface area contributed by atoms with Crippen LogP contribution in [0.3, 0.4) is 0 Å². The summed E-state index contributed by atoms with van der Waals surface area (Å²) in [5, 5.41) is 10.5. The summed E-state index contributed by atoms with van der Waals surface area (Å²) in [5.41, 5.74) is 0. The molecule has 0 aromatic carbocycles. The van der Waals surface area contributed by atoms with Crippen LogP contribution in [0.1, 0.15) is 344 Å². The third kappa shape index (κ3) is 60.3. The van der Waals surface area contributed by atoms with Crippen molar-refractivity contribution in [2.45, 2.75) is 362 Å². The van der Waals surface area contributed by atoms with Crippen molar-refractivity contribution in [3.8, 4) is 0 Å². The van der Waals surface area contributed by atoms with Gasteiger partial charge in [-0.05, 0) is 43.4 Å². The van der Waals surface area contributed by atoms with E-state index in [9.17, 15) is 43.2 Å². The molecule has 4 unspecified atom stereocenters. The summed E-state index contributed by atoms with van der Waals surface area (Å²) in [7, 11) is -9.89. The van der Waals surface area contributed by atoms with Gasteiger partial charge in [0.2, 0.25) is 0 Å². The second-order valence-electron chi connectivity index (χ2n) is 25.9. The van der Waals surface area contributed by atoms with E-state index in [1.807, 2.05) is 0 Å². The zero-order valence-electron chi connectivity index (χ0n) is 57.2. The molecule has 0 aliphatic rings. The number of carbonyl (C=O) groups excluding carboxylic acids is 4. The summed E-state index contributed by atoms with van der Waals surface area (Å²) >= 11 is 0. The van der Waals surface area contributed by atoms with Gasteiger partial charge < -0.3 is 33.8 Å². The van der Waals surface area contributed by atoms with Crippen molar-refractivity contribution >= 4 is 39.5 Å². The lowest BCUT2D eigenvalue weighted by molar-refractivity contribution is -0.161. The second kappa shape index (κ2) is 60.0. The number of ether oxygens (including phenoxy) is 4. The molecule has 0 amide bonds. The summed E-state index contributed by atoms with van der Waals surface area (Å²) in [4.78, 5) is 72.2. The normalized spacial score (nSPS) is 14.9. The van der Waals surface area contributed by atoms with Crippen LogP contribution in [0.4, 0.5) is 0 Å². The van der Waals surface area contributed by atoms with E-state index in [4.69, 9.17) is 37.0 Å². The van der Waals surface area contributed by atoms with E-state index in [2.05, 4.69) is 48.5 Å². The van der Waals surface area contributed by atoms with Crippen LogP contribution in [0.2, 0.25) is 0 Å². The molecule has 0 rings (SSSR count). The molecule has 0 bridgehead atoms. The molecular weight excluding hydrogens is 1160 g/mol. The summed E-state index contributed by atoms with van der Waals surface area (Å²) in [5.74, 6) is 0.207. The number of aliphatic hydroxyl groups is 1. The van der Waals surface area contributed by atoms with E-state index >= 15 is 0 Å². The number of unbranched alkanes of at least 4 members (excludes halogenated alkanes) is 33. The number of rotatable bonds is 67. The Hall–Kier alpha value is -1.94. The predicted octanol–water partition coefficient (Wildman–Crippen LogP) is 19.5. The fourth-order valence-electron chi connectivity index (χ4n) is 10.3. The van der Waals surface area contributed by atoms with Gasteiger partial charge in [0, 0.05) is 25.7 Å². The first-order valence-corrected chi connectivity index (χ1v) is 38.9. The van der Waals surface area contributed by atoms with Crippen LogP contribution in [-0.4, -0.2) is 96.7 Å². The zero-order chi connectivity index (χ0) is 65.2. The number of phosphoric ester groups is 2. The minimum absolute atomic E-state index is 0.102. The SMILES string of the molecule is CCCCCCCC(=O)OC[C@H](COP(=O)(O)OC[C@H](O)COP(=O)(O)OC[C@@H](COC(=O)CCCCCCCCCCCCCCC(C)C)OC(=O)CCCCCCCCCCCCCCCCC(C)CC)OC(=O)CCCCCCCCC(C)CC. The maximum absolute atomic E-state index is 13.0. The molecule has 0 heterocycles. The predicted molar refractivity (Wildman–Crippen MR) is 354 cm³/mol. The Labute approximate surface area is 537 Å². The van der Waals surface area contributed by atoms with Gasteiger partial charge in [0.15, 0.2) is 12.2 Å². The van der Waals surface area contributed by atoms with E-state index in [1.54, 1.807) is 0 Å². The first-order valence-electron chi connectivity index (χ1n) is 35.9. The average molecular weight is 1300 g/mol. The lowest BCUT2D eigenvalue weighted by atomic mass is 9.99. The van der Waals surface area contributed by atoms with Crippen LogP contribution in [0.15, 0.2) is 0 Å². The van der Waals surface area contributed by atoms with Gasteiger partial charge in [-0.15, -0.1) is 0 Å². The van der Waals surface area contributed by atoms with Crippen LogP contribution in [-0.2, 0) is 65.4 Å². The number of aliphatic hydroxyl groups excluding tert-OH is 1. The number of phosphoric acid groups is 2. The van der Waals surface area contributed by atoms with Crippen molar-refractivity contribution in [3.63, 3.8) is 0 Å². The molecule has 19 heteroatoms. The van der Waals surface area contributed by atoms with Crippen LogP contribution in [0, 0.1) is 17.8 Å². The Balaban J connectivity index is 5.17. The third-order valence-corrected chi connectivity index (χ3v) is 18.5. The summed E-state index contributed by atoms with van der Waals surface area (Å²) < 4.78 is 68.0. The second-order valence-corrected chi connectivity index (χ2v) is 28.8.